The zero-order chi connectivity index (χ0) is 13.5. The quantitative estimate of drug-likeness (QED) is 0.432. The molecule has 1 heterocycles. The number of carbonyl (C=O) groups excluding carboxylic acids is 1. The predicted molar refractivity (Wildman–Crippen MR) is 71.5 cm³/mol. The van der Waals surface area contributed by atoms with Crippen molar-refractivity contribution in [3.8, 4) is 0 Å². The molecule has 0 unspecified atom stereocenters. The summed E-state index contributed by atoms with van der Waals surface area (Å²) in [6, 6.07) is 0. The highest BCUT2D eigenvalue weighted by molar-refractivity contribution is 6.32. The van der Waals surface area contributed by atoms with Crippen molar-refractivity contribution >= 4 is 23.7 Å². The second kappa shape index (κ2) is 7.28. The van der Waals surface area contributed by atoms with Gasteiger partial charge in [-0.3, -0.25) is 4.79 Å². The summed E-state index contributed by atoms with van der Waals surface area (Å²) in [5.41, 5.74) is 0.334. The second-order valence-electron chi connectivity index (χ2n) is 3.69. The Morgan fingerprint density at radius 2 is 2.11 bits per heavy atom. The third-order valence-electron chi connectivity index (χ3n) is 2.50. The van der Waals surface area contributed by atoms with E-state index in [2.05, 4.69) is 9.97 Å². The molecule has 0 atom stereocenters. The van der Waals surface area contributed by atoms with Gasteiger partial charge in [0.2, 0.25) is 0 Å². The van der Waals surface area contributed by atoms with Gasteiger partial charge in [0, 0.05) is 19.7 Å². The predicted octanol–water partition coefficient (Wildman–Crippen LogP) is 2.11. The van der Waals surface area contributed by atoms with E-state index in [-0.39, 0.29) is 5.15 Å². The Bertz CT molecular complexity index is 413. The summed E-state index contributed by atoms with van der Waals surface area (Å²) < 4.78 is 5.31. The number of rotatable bonds is 7. The van der Waals surface area contributed by atoms with Gasteiger partial charge < -0.3 is 9.64 Å². The minimum atomic E-state index is 0.197. The first-order valence-corrected chi connectivity index (χ1v) is 6.33. The number of halogens is 1. The third-order valence-corrected chi connectivity index (χ3v) is 2.79. The van der Waals surface area contributed by atoms with Crippen LogP contribution in [0.15, 0.2) is 0 Å². The smallest absolute Gasteiger partial charge is 0.156 e. The second-order valence-corrected chi connectivity index (χ2v) is 4.05. The normalized spacial score (nSPS) is 10.4. The molecule has 0 bridgehead atoms. The maximum absolute atomic E-state index is 11.1. The molecule has 0 radical (unpaired) electrons. The van der Waals surface area contributed by atoms with E-state index in [1.165, 1.54) is 0 Å². The lowest BCUT2D eigenvalue weighted by Gasteiger charge is -2.23. The lowest BCUT2D eigenvalue weighted by molar-refractivity contribution is 0.112. The van der Waals surface area contributed by atoms with Crippen LogP contribution in [0, 0.1) is 6.92 Å². The molecule has 0 spiro atoms. The van der Waals surface area contributed by atoms with E-state index in [9.17, 15) is 4.79 Å². The van der Waals surface area contributed by atoms with E-state index in [0.29, 0.717) is 43.3 Å². The average Bonchev–Trinajstić information content (AvgIpc) is 2.34. The molecule has 1 aromatic rings. The van der Waals surface area contributed by atoms with Crippen LogP contribution < -0.4 is 4.90 Å². The maximum atomic E-state index is 11.1. The van der Waals surface area contributed by atoms with Gasteiger partial charge in [0.05, 0.1) is 12.2 Å². The van der Waals surface area contributed by atoms with Crippen LogP contribution in [0.4, 0.5) is 5.82 Å². The number of nitrogens with zero attached hydrogens (tertiary/aromatic N) is 3. The largest absolute Gasteiger partial charge is 0.380 e. The summed E-state index contributed by atoms with van der Waals surface area (Å²) in [4.78, 5) is 21.3. The van der Waals surface area contributed by atoms with Crippen molar-refractivity contribution in [3.05, 3.63) is 16.5 Å². The van der Waals surface area contributed by atoms with Gasteiger partial charge in [0.1, 0.15) is 16.8 Å². The van der Waals surface area contributed by atoms with E-state index in [0.717, 1.165) is 6.54 Å². The summed E-state index contributed by atoms with van der Waals surface area (Å²) in [6.07, 6.45) is 0.695. The van der Waals surface area contributed by atoms with Crippen LogP contribution in [-0.2, 0) is 4.74 Å². The molecular weight excluding hydrogens is 254 g/mol. The summed E-state index contributed by atoms with van der Waals surface area (Å²) in [5.74, 6) is 1.13. The lowest BCUT2D eigenvalue weighted by Crippen LogP contribution is -2.29. The number of aldehydes is 1. The number of anilines is 1. The standard InChI is InChI=1S/C12H18ClN3O2/c1-4-16(6-7-18-5-2)12-10(8-17)11(13)14-9(3)15-12/h8H,4-7H2,1-3H3. The summed E-state index contributed by atoms with van der Waals surface area (Å²) in [5, 5.41) is 0.197. The van der Waals surface area contributed by atoms with Crippen LogP contribution >= 0.6 is 11.6 Å². The summed E-state index contributed by atoms with van der Waals surface area (Å²) in [7, 11) is 0. The van der Waals surface area contributed by atoms with E-state index >= 15 is 0 Å². The molecule has 0 aliphatic carbocycles. The first-order chi connectivity index (χ1) is 8.63. The number of aryl methyl sites for hydroxylation is 1. The molecule has 0 aromatic carbocycles. The number of likely N-dealkylation sites (N-methyl/N-ethyl adjacent to an activating group) is 1. The Labute approximate surface area is 112 Å². The highest BCUT2D eigenvalue weighted by Crippen LogP contribution is 2.22. The Morgan fingerprint density at radius 3 is 2.67 bits per heavy atom. The van der Waals surface area contributed by atoms with Crippen molar-refractivity contribution < 1.29 is 9.53 Å². The summed E-state index contributed by atoms with van der Waals surface area (Å²) in [6.45, 7) is 8.33. The topological polar surface area (TPSA) is 55.3 Å². The first-order valence-electron chi connectivity index (χ1n) is 5.96. The van der Waals surface area contributed by atoms with Gasteiger partial charge in [-0.1, -0.05) is 11.6 Å². The Kier molecular flexibility index (Phi) is 6.01. The zero-order valence-electron chi connectivity index (χ0n) is 10.9. The van der Waals surface area contributed by atoms with Crippen molar-refractivity contribution in [2.45, 2.75) is 20.8 Å². The Hall–Kier alpha value is -1.20. The third kappa shape index (κ3) is 3.65. The van der Waals surface area contributed by atoms with Crippen LogP contribution in [0.1, 0.15) is 30.0 Å². The maximum Gasteiger partial charge on any atom is 0.156 e. The molecule has 0 saturated heterocycles. The van der Waals surface area contributed by atoms with Gasteiger partial charge in [-0.15, -0.1) is 0 Å². The van der Waals surface area contributed by atoms with Gasteiger partial charge >= 0.3 is 0 Å². The van der Waals surface area contributed by atoms with E-state index in [1.54, 1.807) is 6.92 Å². The van der Waals surface area contributed by atoms with Crippen molar-refractivity contribution in [1.82, 2.24) is 9.97 Å². The monoisotopic (exact) mass is 271 g/mol. The fourth-order valence-corrected chi connectivity index (χ4v) is 1.86. The molecule has 0 amide bonds. The van der Waals surface area contributed by atoms with E-state index < -0.39 is 0 Å². The van der Waals surface area contributed by atoms with Crippen LogP contribution in [0.2, 0.25) is 5.15 Å². The average molecular weight is 272 g/mol. The van der Waals surface area contributed by atoms with Crippen molar-refractivity contribution in [1.29, 1.82) is 0 Å². The van der Waals surface area contributed by atoms with Gasteiger partial charge in [-0.25, -0.2) is 9.97 Å². The fourth-order valence-electron chi connectivity index (χ4n) is 1.61. The minimum Gasteiger partial charge on any atom is -0.380 e. The fraction of sp³-hybridized carbons (Fsp3) is 0.583. The van der Waals surface area contributed by atoms with Crippen LogP contribution in [0.5, 0.6) is 0 Å². The molecule has 5 nitrogen and oxygen atoms in total. The van der Waals surface area contributed by atoms with Crippen LogP contribution in [-0.4, -0.2) is 42.6 Å². The van der Waals surface area contributed by atoms with Crippen molar-refractivity contribution in [2.24, 2.45) is 0 Å². The molecule has 100 valence electrons. The van der Waals surface area contributed by atoms with Gasteiger partial charge in [-0.2, -0.15) is 0 Å². The molecule has 6 heteroatoms. The first kappa shape index (κ1) is 14.9. The zero-order valence-corrected chi connectivity index (χ0v) is 11.7. The van der Waals surface area contributed by atoms with Gasteiger partial charge in [0.15, 0.2) is 6.29 Å². The van der Waals surface area contributed by atoms with E-state index in [4.69, 9.17) is 16.3 Å². The minimum absolute atomic E-state index is 0.197. The number of aromatic nitrogens is 2. The molecule has 18 heavy (non-hydrogen) atoms. The molecular formula is C12H18ClN3O2. The molecule has 0 fully saturated rings. The summed E-state index contributed by atoms with van der Waals surface area (Å²) >= 11 is 5.96. The van der Waals surface area contributed by atoms with Crippen molar-refractivity contribution in [2.75, 3.05) is 31.2 Å². The van der Waals surface area contributed by atoms with Gasteiger partial charge in [-0.05, 0) is 20.8 Å². The molecule has 0 saturated carbocycles. The Morgan fingerprint density at radius 1 is 1.39 bits per heavy atom. The highest BCUT2D eigenvalue weighted by Gasteiger charge is 2.16. The highest BCUT2D eigenvalue weighted by atomic mass is 35.5. The van der Waals surface area contributed by atoms with Crippen LogP contribution in [0.3, 0.4) is 0 Å². The molecule has 1 rings (SSSR count). The van der Waals surface area contributed by atoms with Crippen LogP contribution in [0.25, 0.3) is 0 Å². The van der Waals surface area contributed by atoms with E-state index in [1.807, 2.05) is 18.7 Å². The molecule has 1 aromatic heterocycles. The SMILES string of the molecule is CCOCCN(CC)c1nc(C)nc(Cl)c1C=O. The molecule has 0 N–H and O–H groups in total. The lowest BCUT2D eigenvalue weighted by atomic mass is 10.3. The van der Waals surface area contributed by atoms with Gasteiger partial charge in [0.25, 0.3) is 0 Å². The number of hydrogen-bond acceptors (Lipinski definition) is 5. The number of hydrogen-bond donors (Lipinski definition) is 0. The molecule has 0 aliphatic heterocycles. The Balaban J connectivity index is 3.00. The van der Waals surface area contributed by atoms with Crippen molar-refractivity contribution in [3.63, 3.8) is 0 Å². The molecule has 0 aliphatic rings. The number of carbonyl (C=O) groups is 1. The number of ether oxygens (including phenoxy) is 1.